The lowest BCUT2D eigenvalue weighted by molar-refractivity contribution is 0.405. The summed E-state index contributed by atoms with van der Waals surface area (Å²) in [5.74, 6) is 2.78. The van der Waals surface area contributed by atoms with Crippen molar-refractivity contribution in [1.29, 1.82) is 0 Å². The Hall–Kier alpha value is -1.02. The number of hydrogen-bond donors (Lipinski definition) is 1. The molecule has 0 saturated heterocycles. The number of benzene rings is 1. The van der Waals surface area contributed by atoms with Crippen LogP contribution in [-0.4, -0.2) is 13.7 Å². The zero-order valence-electron chi connectivity index (χ0n) is 12.5. The highest BCUT2D eigenvalue weighted by atomic mass is 16.5. The van der Waals surface area contributed by atoms with Crippen LogP contribution in [0.3, 0.4) is 0 Å². The Morgan fingerprint density at radius 2 is 1.95 bits per heavy atom. The van der Waals surface area contributed by atoms with Crippen molar-refractivity contribution in [3.8, 4) is 5.75 Å². The van der Waals surface area contributed by atoms with Gasteiger partial charge in [-0.2, -0.15) is 0 Å². The van der Waals surface area contributed by atoms with E-state index in [-0.39, 0.29) is 0 Å². The van der Waals surface area contributed by atoms with Gasteiger partial charge in [0.05, 0.1) is 7.11 Å². The highest BCUT2D eigenvalue weighted by molar-refractivity contribution is 5.40. The second-order valence-electron chi connectivity index (χ2n) is 6.04. The molecule has 0 radical (unpaired) electrons. The standard InChI is InChI=1S/C17H27NO/c1-12(2)15-10-14(8-9-17(15)19-3)16(11-18)13-6-4-5-7-13/h8-10,12-13,16H,4-7,11,18H2,1-3H3. The van der Waals surface area contributed by atoms with E-state index in [4.69, 9.17) is 10.5 Å². The summed E-state index contributed by atoms with van der Waals surface area (Å²) in [6, 6.07) is 6.64. The fraction of sp³-hybridized carbons (Fsp3) is 0.647. The molecule has 19 heavy (non-hydrogen) atoms. The number of hydrogen-bond acceptors (Lipinski definition) is 2. The van der Waals surface area contributed by atoms with Gasteiger partial charge < -0.3 is 10.5 Å². The van der Waals surface area contributed by atoms with Gasteiger partial charge in [0.15, 0.2) is 0 Å². The van der Waals surface area contributed by atoms with Gasteiger partial charge in [0.2, 0.25) is 0 Å². The molecular formula is C17H27NO. The van der Waals surface area contributed by atoms with Crippen LogP contribution in [0.2, 0.25) is 0 Å². The van der Waals surface area contributed by atoms with E-state index in [1.807, 2.05) is 0 Å². The quantitative estimate of drug-likeness (QED) is 0.867. The van der Waals surface area contributed by atoms with Gasteiger partial charge in [-0.3, -0.25) is 0 Å². The van der Waals surface area contributed by atoms with Gasteiger partial charge in [-0.15, -0.1) is 0 Å². The summed E-state index contributed by atoms with van der Waals surface area (Å²) < 4.78 is 5.47. The lowest BCUT2D eigenvalue weighted by Crippen LogP contribution is -2.20. The zero-order valence-corrected chi connectivity index (χ0v) is 12.5. The fourth-order valence-corrected chi connectivity index (χ4v) is 3.40. The van der Waals surface area contributed by atoms with Gasteiger partial charge in [-0.1, -0.05) is 38.8 Å². The van der Waals surface area contributed by atoms with Gasteiger partial charge in [0.25, 0.3) is 0 Å². The Morgan fingerprint density at radius 3 is 2.47 bits per heavy atom. The van der Waals surface area contributed by atoms with E-state index >= 15 is 0 Å². The summed E-state index contributed by atoms with van der Waals surface area (Å²) in [4.78, 5) is 0. The molecule has 2 heteroatoms. The smallest absolute Gasteiger partial charge is 0.122 e. The van der Waals surface area contributed by atoms with E-state index in [0.29, 0.717) is 11.8 Å². The Labute approximate surface area is 117 Å². The van der Waals surface area contributed by atoms with Crippen molar-refractivity contribution in [2.45, 2.75) is 51.4 Å². The molecule has 0 amide bonds. The van der Waals surface area contributed by atoms with Crippen molar-refractivity contribution < 1.29 is 4.74 Å². The topological polar surface area (TPSA) is 35.2 Å². The first-order chi connectivity index (χ1) is 9.17. The highest BCUT2D eigenvalue weighted by Crippen LogP contribution is 2.38. The van der Waals surface area contributed by atoms with Gasteiger partial charge in [-0.25, -0.2) is 0 Å². The Bertz CT molecular complexity index is 408. The largest absolute Gasteiger partial charge is 0.496 e. The lowest BCUT2D eigenvalue weighted by Gasteiger charge is -2.24. The molecule has 2 nitrogen and oxygen atoms in total. The first kappa shape index (κ1) is 14.4. The summed E-state index contributed by atoms with van der Waals surface area (Å²) in [7, 11) is 1.75. The van der Waals surface area contributed by atoms with Gasteiger partial charge in [0, 0.05) is 0 Å². The molecule has 1 unspecified atom stereocenters. The maximum atomic E-state index is 6.05. The average Bonchev–Trinajstić information content (AvgIpc) is 2.93. The van der Waals surface area contributed by atoms with Gasteiger partial charge >= 0.3 is 0 Å². The molecule has 106 valence electrons. The van der Waals surface area contributed by atoms with Crippen LogP contribution < -0.4 is 10.5 Å². The van der Waals surface area contributed by atoms with E-state index in [1.165, 1.54) is 36.8 Å². The SMILES string of the molecule is COc1ccc(C(CN)C2CCCC2)cc1C(C)C. The minimum absolute atomic E-state index is 0.483. The minimum atomic E-state index is 0.483. The maximum Gasteiger partial charge on any atom is 0.122 e. The summed E-state index contributed by atoms with van der Waals surface area (Å²) in [6.07, 6.45) is 5.42. The molecule has 1 atom stereocenters. The molecular weight excluding hydrogens is 234 g/mol. The molecule has 0 aliphatic heterocycles. The van der Waals surface area contributed by atoms with Crippen molar-refractivity contribution in [2.75, 3.05) is 13.7 Å². The van der Waals surface area contributed by atoms with Crippen molar-refractivity contribution in [3.05, 3.63) is 29.3 Å². The first-order valence-electron chi connectivity index (χ1n) is 7.55. The molecule has 1 fully saturated rings. The summed E-state index contributed by atoms with van der Waals surface area (Å²) in [5, 5.41) is 0. The number of methoxy groups -OCH3 is 1. The molecule has 1 aromatic carbocycles. The van der Waals surface area contributed by atoms with Crippen molar-refractivity contribution in [3.63, 3.8) is 0 Å². The van der Waals surface area contributed by atoms with Crippen LogP contribution in [0.5, 0.6) is 5.75 Å². The van der Waals surface area contributed by atoms with Crippen molar-refractivity contribution in [2.24, 2.45) is 11.7 Å². The second-order valence-corrected chi connectivity index (χ2v) is 6.04. The predicted molar refractivity (Wildman–Crippen MR) is 80.8 cm³/mol. The van der Waals surface area contributed by atoms with Gasteiger partial charge in [-0.05, 0) is 54.3 Å². The third kappa shape index (κ3) is 3.11. The fourth-order valence-electron chi connectivity index (χ4n) is 3.40. The van der Waals surface area contributed by atoms with Crippen LogP contribution in [0.4, 0.5) is 0 Å². The Balaban J connectivity index is 2.29. The number of rotatable bonds is 5. The second kappa shape index (κ2) is 6.42. The molecule has 1 aliphatic carbocycles. The Morgan fingerprint density at radius 1 is 1.26 bits per heavy atom. The van der Waals surface area contributed by atoms with E-state index in [9.17, 15) is 0 Å². The molecule has 0 bridgehead atoms. The van der Waals surface area contributed by atoms with Crippen LogP contribution in [0.25, 0.3) is 0 Å². The van der Waals surface area contributed by atoms with Crippen LogP contribution >= 0.6 is 0 Å². The van der Waals surface area contributed by atoms with Crippen LogP contribution in [0.1, 0.15) is 62.5 Å². The maximum absolute atomic E-state index is 6.05. The monoisotopic (exact) mass is 261 g/mol. The molecule has 1 saturated carbocycles. The molecule has 1 aromatic rings. The molecule has 0 heterocycles. The van der Waals surface area contributed by atoms with Gasteiger partial charge in [0.1, 0.15) is 5.75 Å². The average molecular weight is 261 g/mol. The molecule has 0 spiro atoms. The van der Waals surface area contributed by atoms with E-state index in [1.54, 1.807) is 7.11 Å². The predicted octanol–water partition coefficient (Wildman–Crippen LogP) is 4.05. The zero-order chi connectivity index (χ0) is 13.8. The van der Waals surface area contributed by atoms with E-state index in [2.05, 4.69) is 32.0 Å². The highest BCUT2D eigenvalue weighted by Gasteiger charge is 2.26. The normalized spacial score (nSPS) is 17.9. The first-order valence-corrected chi connectivity index (χ1v) is 7.55. The van der Waals surface area contributed by atoms with Crippen LogP contribution in [0, 0.1) is 5.92 Å². The van der Waals surface area contributed by atoms with Crippen molar-refractivity contribution in [1.82, 2.24) is 0 Å². The summed E-state index contributed by atoms with van der Waals surface area (Å²) >= 11 is 0. The van der Waals surface area contributed by atoms with Crippen molar-refractivity contribution >= 4 is 0 Å². The molecule has 2 N–H and O–H groups in total. The van der Waals surface area contributed by atoms with Crippen LogP contribution in [-0.2, 0) is 0 Å². The molecule has 0 aromatic heterocycles. The Kier molecular flexibility index (Phi) is 4.87. The third-order valence-electron chi connectivity index (χ3n) is 4.53. The number of ether oxygens (including phenoxy) is 1. The lowest BCUT2D eigenvalue weighted by atomic mass is 9.83. The molecule has 2 rings (SSSR count). The third-order valence-corrected chi connectivity index (χ3v) is 4.53. The summed E-state index contributed by atoms with van der Waals surface area (Å²) in [6.45, 7) is 5.19. The number of nitrogens with two attached hydrogens (primary N) is 1. The van der Waals surface area contributed by atoms with E-state index < -0.39 is 0 Å². The van der Waals surface area contributed by atoms with E-state index in [0.717, 1.165) is 18.2 Å². The van der Waals surface area contributed by atoms with Crippen LogP contribution in [0.15, 0.2) is 18.2 Å². The molecule has 1 aliphatic rings. The minimum Gasteiger partial charge on any atom is -0.496 e. The summed E-state index contributed by atoms with van der Waals surface area (Å²) in [5.41, 5.74) is 8.75.